The molecule has 3 aromatic rings. The van der Waals surface area contributed by atoms with E-state index in [1.54, 1.807) is 41.7 Å². The molecule has 1 aliphatic heterocycles. The maximum absolute atomic E-state index is 13.2. The van der Waals surface area contributed by atoms with Crippen molar-refractivity contribution in [1.82, 2.24) is 19.2 Å². The highest BCUT2D eigenvalue weighted by Gasteiger charge is 2.56. The van der Waals surface area contributed by atoms with Crippen molar-refractivity contribution in [2.45, 2.75) is 30.6 Å². The summed E-state index contributed by atoms with van der Waals surface area (Å²) in [5.41, 5.74) is 1.25. The highest BCUT2D eigenvalue weighted by Crippen LogP contribution is 2.47. The van der Waals surface area contributed by atoms with Gasteiger partial charge in [0.1, 0.15) is 32.3 Å². The van der Waals surface area contributed by atoms with Gasteiger partial charge in [-0.15, -0.1) is 0 Å². The van der Waals surface area contributed by atoms with Crippen LogP contribution in [0.25, 0.3) is 10.9 Å². The van der Waals surface area contributed by atoms with Gasteiger partial charge in [-0.05, 0) is 49.1 Å². The minimum absolute atomic E-state index is 0.0126. The molecule has 0 spiro atoms. The van der Waals surface area contributed by atoms with Gasteiger partial charge < -0.3 is 14.6 Å². The molecule has 2 aliphatic rings. The summed E-state index contributed by atoms with van der Waals surface area (Å²) in [6, 6.07) is 12.1. The van der Waals surface area contributed by atoms with E-state index in [1.807, 2.05) is 6.07 Å². The lowest BCUT2D eigenvalue weighted by Gasteiger charge is -2.36. The summed E-state index contributed by atoms with van der Waals surface area (Å²) >= 11 is 0. The van der Waals surface area contributed by atoms with Gasteiger partial charge in [0.25, 0.3) is 11.5 Å². The Hall–Kier alpha value is -3.75. The van der Waals surface area contributed by atoms with Crippen LogP contribution in [0.15, 0.2) is 47.4 Å². The van der Waals surface area contributed by atoms with Gasteiger partial charge >= 0.3 is 0 Å². The van der Waals surface area contributed by atoms with Gasteiger partial charge in [0, 0.05) is 38.3 Å². The van der Waals surface area contributed by atoms with Crippen LogP contribution in [0.2, 0.25) is 0 Å². The molecule has 1 aromatic carbocycles. The predicted octanol–water partition coefficient (Wildman–Crippen LogP) is 2.31. The molecule has 36 heavy (non-hydrogen) atoms. The standard InChI is InChI=1S/C25H26N6O4S/c1-30-21-19(13-20(24(30)33)22(32)29-15-18-5-3-17(14-26)4-6-18)7-10-28-23(21)35-16-25(8-9-25)36(27,34)31-11-2-12-31/h3-7,10,13,27H,2,8-9,11-12,15-16H2,1H3,(H,29,32). The summed E-state index contributed by atoms with van der Waals surface area (Å²) in [5, 5.41) is 12.3. The Bertz CT molecular complexity index is 1550. The Morgan fingerprint density at radius 1 is 1.28 bits per heavy atom. The van der Waals surface area contributed by atoms with Crippen LogP contribution in [-0.2, 0) is 23.5 Å². The molecule has 1 saturated carbocycles. The Balaban J connectivity index is 1.36. The van der Waals surface area contributed by atoms with E-state index in [9.17, 15) is 13.8 Å². The summed E-state index contributed by atoms with van der Waals surface area (Å²) in [4.78, 5) is 30.2. The summed E-state index contributed by atoms with van der Waals surface area (Å²) in [5.74, 6) is -0.303. The van der Waals surface area contributed by atoms with Crippen molar-refractivity contribution in [3.8, 4) is 11.9 Å². The molecule has 11 heteroatoms. The molecule has 3 heterocycles. The van der Waals surface area contributed by atoms with E-state index in [-0.39, 0.29) is 24.6 Å². The largest absolute Gasteiger partial charge is 0.474 e. The number of nitriles is 1. The van der Waals surface area contributed by atoms with Gasteiger partial charge in [-0.25, -0.2) is 18.3 Å². The van der Waals surface area contributed by atoms with Crippen molar-refractivity contribution in [3.63, 3.8) is 0 Å². The van der Waals surface area contributed by atoms with E-state index >= 15 is 0 Å². The smallest absolute Gasteiger partial charge is 0.263 e. The van der Waals surface area contributed by atoms with E-state index in [0.717, 1.165) is 12.0 Å². The second-order valence-electron chi connectivity index (χ2n) is 9.25. The van der Waals surface area contributed by atoms with Crippen LogP contribution < -0.4 is 15.6 Å². The normalized spacial score (nSPS) is 18.0. The lowest BCUT2D eigenvalue weighted by molar-refractivity contribution is 0.0949. The number of hydrogen-bond donors (Lipinski definition) is 2. The van der Waals surface area contributed by atoms with E-state index in [4.69, 9.17) is 14.8 Å². The molecule has 2 N–H and O–H groups in total. The zero-order valence-electron chi connectivity index (χ0n) is 19.8. The summed E-state index contributed by atoms with van der Waals surface area (Å²) in [6.45, 7) is 1.63. The predicted molar refractivity (Wildman–Crippen MR) is 134 cm³/mol. The van der Waals surface area contributed by atoms with Crippen LogP contribution in [0.1, 0.15) is 40.7 Å². The summed E-state index contributed by atoms with van der Waals surface area (Å²) < 4.78 is 30.0. The van der Waals surface area contributed by atoms with E-state index < -0.39 is 26.1 Å². The first-order valence-electron chi connectivity index (χ1n) is 11.7. The van der Waals surface area contributed by atoms with Crippen molar-refractivity contribution < 1.29 is 13.7 Å². The average Bonchev–Trinajstić information content (AvgIpc) is 3.64. The van der Waals surface area contributed by atoms with Crippen LogP contribution in [0, 0.1) is 16.1 Å². The number of aromatic nitrogens is 2. The van der Waals surface area contributed by atoms with E-state index in [0.29, 0.717) is 42.4 Å². The second kappa shape index (κ2) is 9.04. The molecule has 1 amide bonds. The Kier molecular flexibility index (Phi) is 6.02. The number of carbonyl (C=O) groups excluding carboxylic acids is 1. The summed E-state index contributed by atoms with van der Waals surface area (Å²) in [6.07, 6.45) is 3.79. The molecule has 10 nitrogen and oxygen atoms in total. The van der Waals surface area contributed by atoms with Crippen LogP contribution in [0.5, 0.6) is 5.88 Å². The van der Waals surface area contributed by atoms with Crippen molar-refractivity contribution in [3.05, 3.63) is 69.6 Å². The third-order valence-electron chi connectivity index (χ3n) is 6.92. The van der Waals surface area contributed by atoms with Gasteiger partial charge in [-0.1, -0.05) is 12.1 Å². The molecule has 1 saturated heterocycles. The number of pyridine rings is 2. The number of ether oxygens (including phenoxy) is 1. The molecule has 186 valence electrons. The number of nitrogens with zero attached hydrogens (tertiary/aromatic N) is 4. The first kappa shape index (κ1) is 24.0. The Morgan fingerprint density at radius 3 is 2.61 bits per heavy atom. The fourth-order valence-corrected chi connectivity index (χ4v) is 6.50. The Morgan fingerprint density at radius 2 is 2.00 bits per heavy atom. The molecular formula is C25H26N6O4S. The minimum Gasteiger partial charge on any atom is -0.474 e. The van der Waals surface area contributed by atoms with Gasteiger partial charge in [0.15, 0.2) is 0 Å². The number of amides is 1. The van der Waals surface area contributed by atoms with Gasteiger partial charge in [-0.3, -0.25) is 9.59 Å². The molecule has 2 fully saturated rings. The van der Waals surface area contributed by atoms with Crippen molar-refractivity contribution >= 4 is 26.7 Å². The molecule has 1 unspecified atom stereocenters. The van der Waals surface area contributed by atoms with Gasteiger partial charge in [0.05, 0.1) is 11.6 Å². The minimum atomic E-state index is -2.94. The van der Waals surface area contributed by atoms with Crippen LogP contribution in [-0.4, -0.2) is 48.4 Å². The first-order chi connectivity index (χ1) is 17.3. The molecule has 0 bridgehead atoms. The number of benzene rings is 1. The summed E-state index contributed by atoms with van der Waals surface area (Å²) in [7, 11) is -1.39. The zero-order valence-corrected chi connectivity index (χ0v) is 20.6. The number of hydrogen-bond acceptors (Lipinski definition) is 7. The third-order valence-corrected chi connectivity index (χ3v) is 9.71. The second-order valence-corrected chi connectivity index (χ2v) is 11.7. The maximum atomic E-state index is 13.2. The van der Waals surface area contributed by atoms with Crippen LogP contribution in [0.3, 0.4) is 0 Å². The number of nitrogens with one attached hydrogen (secondary N) is 2. The van der Waals surface area contributed by atoms with Crippen molar-refractivity contribution in [1.29, 1.82) is 10.0 Å². The van der Waals surface area contributed by atoms with Crippen LogP contribution >= 0.6 is 0 Å². The van der Waals surface area contributed by atoms with Crippen molar-refractivity contribution in [2.24, 2.45) is 7.05 Å². The molecule has 1 aliphatic carbocycles. The molecule has 1 atom stereocenters. The monoisotopic (exact) mass is 506 g/mol. The lowest BCUT2D eigenvalue weighted by atomic mass is 10.1. The quantitative estimate of drug-likeness (QED) is 0.480. The zero-order chi connectivity index (χ0) is 25.5. The fourth-order valence-electron chi connectivity index (χ4n) is 4.30. The lowest BCUT2D eigenvalue weighted by Crippen LogP contribution is -2.48. The third kappa shape index (κ3) is 4.12. The molecule has 2 aromatic heterocycles. The highest BCUT2D eigenvalue weighted by atomic mass is 32.2. The SMILES string of the molecule is Cn1c(=O)c(C(=O)NCc2ccc(C#N)cc2)cc2ccnc(OCC3(S(=N)(=O)N4CCC4)CC3)c21. The Labute approximate surface area is 208 Å². The fraction of sp³-hybridized carbons (Fsp3) is 0.360. The number of aryl methyl sites for hydroxylation is 1. The van der Waals surface area contributed by atoms with Gasteiger partial charge in [-0.2, -0.15) is 5.26 Å². The number of fused-ring (bicyclic) bond motifs is 1. The molecule has 0 radical (unpaired) electrons. The maximum Gasteiger partial charge on any atom is 0.263 e. The van der Waals surface area contributed by atoms with Crippen molar-refractivity contribution in [2.75, 3.05) is 19.7 Å². The van der Waals surface area contributed by atoms with Gasteiger partial charge in [0.2, 0.25) is 5.88 Å². The molecule has 5 rings (SSSR count). The average molecular weight is 507 g/mol. The molecular weight excluding hydrogens is 480 g/mol. The topological polar surface area (TPSA) is 141 Å². The number of rotatable bonds is 8. The van der Waals surface area contributed by atoms with E-state index in [2.05, 4.69) is 10.3 Å². The highest BCUT2D eigenvalue weighted by molar-refractivity contribution is 7.91. The first-order valence-corrected chi connectivity index (χ1v) is 13.2. The van der Waals surface area contributed by atoms with E-state index in [1.165, 1.54) is 16.8 Å². The number of carbonyl (C=O) groups is 1. The van der Waals surface area contributed by atoms with Crippen LogP contribution in [0.4, 0.5) is 0 Å².